The summed E-state index contributed by atoms with van der Waals surface area (Å²) in [6, 6.07) is 13.2. The van der Waals surface area contributed by atoms with E-state index in [1.807, 2.05) is 12.2 Å². The van der Waals surface area contributed by atoms with Gasteiger partial charge in [-0.2, -0.15) is 4.58 Å². The van der Waals surface area contributed by atoms with Crippen LogP contribution in [0.5, 0.6) is 0 Å². The maximum Gasteiger partial charge on any atom is 0.209 e. The van der Waals surface area contributed by atoms with Crippen LogP contribution in [0.15, 0.2) is 71.2 Å². The Morgan fingerprint density at radius 3 is 2.20 bits per heavy atom. The lowest BCUT2D eigenvalue weighted by Crippen LogP contribution is -2.32. The van der Waals surface area contributed by atoms with Crippen molar-refractivity contribution in [3.63, 3.8) is 0 Å². The van der Waals surface area contributed by atoms with E-state index in [1.165, 1.54) is 29.6 Å². The van der Waals surface area contributed by atoms with Gasteiger partial charge < -0.3 is 10.0 Å². The second-order valence-electron chi connectivity index (χ2n) is 12.1. The fourth-order valence-corrected chi connectivity index (χ4v) is 7.30. The van der Waals surface area contributed by atoms with E-state index in [2.05, 4.69) is 133 Å². The number of fused-ring (bicyclic) bond motifs is 2. The van der Waals surface area contributed by atoms with Crippen LogP contribution >= 0.6 is 45.2 Å². The molecule has 3 aliphatic rings. The SMILES string of the molecule is CCCCN1/C(=C/C2=C(O)C(=C\C3=[N+](CCCC)c4ccc(I)cc4C3(C)C)/C2=O)C(C)(C)c2cc(I)ccc21. The topological polar surface area (TPSA) is 43.5 Å². The van der Waals surface area contributed by atoms with E-state index in [-0.39, 0.29) is 22.4 Å². The van der Waals surface area contributed by atoms with Crippen molar-refractivity contribution in [1.82, 2.24) is 0 Å². The lowest BCUT2D eigenvalue weighted by Gasteiger charge is -2.29. The van der Waals surface area contributed by atoms with Gasteiger partial charge in [0.1, 0.15) is 12.3 Å². The number of carbonyl (C=O) groups is 1. The predicted octanol–water partition coefficient (Wildman–Crippen LogP) is 8.88. The first kappa shape index (κ1) is 29.5. The first-order chi connectivity index (χ1) is 18.9. The maximum atomic E-state index is 13.7. The Hall–Kier alpha value is -1.94. The third-order valence-electron chi connectivity index (χ3n) is 8.74. The molecule has 0 fully saturated rings. The minimum Gasteiger partial charge on any atom is -0.506 e. The minimum atomic E-state index is -0.269. The highest BCUT2D eigenvalue weighted by Crippen LogP contribution is 2.50. The molecule has 0 amide bonds. The van der Waals surface area contributed by atoms with E-state index in [9.17, 15) is 9.90 Å². The van der Waals surface area contributed by atoms with Gasteiger partial charge in [0.15, 0.2) is 5.71 Å². The maximum absolute atomic E-state index is 13.7. The largest absolute Gasteiger partial charge is 0.506 e. The molecule has 6 heteroatoms. The van der Waals surface area contributed by atoms with E-state index in [0.717, 1.165) is 50.2 Å². The highest BCUT2D eigenvalue weighted by Gasteiger charge is 2.47. The van der Waals surface area contributed by atoms with E-state index in [4.69, 9.17) is 0 Å². The fraction of sp³-hybridized carbons (Fsp3) is 0.412. The number of benzene rings is 2. The zero-order chi connectivity index (χ0) is 29.0. The lowest BCUT2D eigenvalue weighted by atomic mass is 9.77. The molecule has 0 radical (unpaired) electrons. The number of halogens is 2. The van der Waals surface area contributed by atoms with Crippen LogP contribution in [0.2, 0.25) is 0 Å². The molecule has 0 saturated heterocycles. The number of Topliss-reactive ketones (excluding diaryl/α,β-unsaturated/α-hetero) is 1. The van der Waals surface area contributed by atoms with Crippen LogP contribution in [0.25, 0.3) is 0 Å². The molecule has 210 valence electrons. The van der Waals surface area contributed by atoms with E-state index < -0.39 is 0 Å². The highest BCUT2D eigenvalue weighted by molar-refractivity contribution is 14.1. The fourth-order valence-electron chi connectivity index (χ4n) is 6.31. The summed E-state index contributed by atoms with van der Waals surface area (Å²) in [5.41, 5.74) is 7.40. The van der Waals surface area contributed by atoms with Gasteiger partial charge in [-0.1, -0.05) is 40.5 Å². The number of hydrogen-bond acceptors (Lipinski definition) is 3. The van der Waals surface area contributed by atoms with Crippen molar-refractivity contribution in [3.05, 3.63) is 89.4 Å². The predicted molar refractivity (Wildman–Crippen MR) is 182 cm³/mol. The average molecular weight is 762 g/mol. The van der Waals surface area contributed by atoms with Crippen LogP contribution in [0, 0.1) is 7.14 Å². The molecule has 40 heavy (non-hydrogen) atoms. The lowest BCUT2D eigenvalue weighted by molar-refractivity contribution is -0.438. The molecule has 0 unspecified atom stereocenters. The molecule has 2 aromatic rings. The van der Waals surface area contributed by atoms with Crippen LogP contribution in [-0.4, -0.2) is 34.3 Å². The molecule has 1 N–H and O–H groups in total. The Kier molecular flexibility index (Phi) is 8.16. The number of aliphatic hydroxyl groups is 1. The van der Waals surface area contributed by atoms with Crippen molar-refractivity contribution >= 4 is 68.1 Å². The Morgan fingerprint density at radius 2 is 1.55 bits per heavy atom. The normalized spacial score (nSPS) is 21.0. The van der Waals surface area contributed by atoms with Crippen LogP contribution in [0.3, 0.4) is 0 Å². The number of rotatable bonds is 8. The molecule has 2 aliphatic heterocycles. The van der Waals surface area contributed by atoms with Crippen LogP contribution in [0.4, 0.5) is 11.4 Å². The molecule has 0 aromatic heterocycles. The van der Waals surface area contributed by atoms with Gasteiger partial charge in [0, 0.05) is 54.6 Å². The zero-order valence-corrected chi connectivity index (χ0v) is 28.7. The van der Waals surface area contributed by atoms with Gasteiger partial charge in [0.2, 0.25) is 11.5 Å². The first-order valence-electron chi connectivity index (χ1n) is 14.4. The monoisotopic (exact) mass is 761 g/mol. The molecule has 1 aliphatic carbocycles. The van der Waals surface area contributed by atoms with Gasteiger partial charge in [0.25, 0.3) is 0 Å². The van der Waals surface area contributed by atoms with Crippen LogP contribution in [0.1, 0.15) is 78.4 Å². The van der Waals surface area contributed by atoms with Crippen molar-refractivity contribution in [2.45, 2.75) is 78.1 Å². The third kappa shape index (κ3) is 4.80. The second-order valence-corrected chi connectivity index (χ2v) is 14.6. The van der Waals surface area contributed by atoms with E-state index >= 15 is 0 Å². The summed E-state index contributed by atoms with van der Waals surface area (Å²) in [6.07, 6.45) is 8.21. The molecule has 0 atom stereocenters. The van der Waals surface area contributed by atoms with Gasteiger partial charge in [-0.25, -0.2) is 0 Å². The van der Waals surface area contributed by atoms with Gasteiger partial charge in [-0.15, -0.1) is 0 Å². The van der Waals surface area contributed by atoms with Crippen molar-refractivity contribution in [3.8, 4) is 0 Å². The summed E-state index contributed by atoms with van der Waals surface area (Å²) in [6.45, 7) is 15.1. The summed E-state index contributed by atoms with van der Waals surface area (Å²) in [4.78, 5) is 16.0. The summed E-state index contributed by atoms with van der Waals surface area (Å²) < 4.78 is 4.75. The summed E-state index contributed by atoms with van der Waals surface area (Å²) in [7, 11) is 0. The quantitative estimate of drug-likeness (QED) is 0.166. The molecule has 4 nitrogen and oxygen atoms in total. The van der Waals surface area contributed by atoms with Gasteiger partial charge >= 0.3 is 0 Å². The van der Waals surface area contributed by atoms with Gasteiger partial charge in [-0.3, -0.25) is 4.79 Å². The number of nitrogens with zero attached hydrogens (tertiary/aromatic N) is 2. The van der Waals surface area contributed by atoms with Crippen molar-refractivity contribution in [2.75, 3.05) is 18.0 Å². The number of anilines is 1. The molecule has 2 heterocycles. The molecule has 2 aromatic carbocycles. The smallest absolute Gasteiger partial charge is 0.209 e. The summed E-state index contributed by atoms with van der Waals surface area (Å²) in [5.74, 6) is 0.0320. The number of aliphatic hydroxyl groups excluding tert-OH is 1. The van der Waals surface area contributed by atoms with Crippen molar-refractivity contribution in [2.24, 2.45) is 0 Å². The van der Waals surface area contributed by atoms with Gasteiger partial charge in [-0.05, 0) is 107 Å². The molecule has 5 rings (SSSR count). The number of carbonyl (C=O) groups excluding carboxylic acids is 1. The average Bonchev–Trinajstić information content (AvgIpc) is 3.25. The molecule has 0 bridgehead atoms. The van der Waals surface area contributed by atoms with E-state index in [0.29, 0.717) is 11.1 Å². The molecular formula is C34H39I2N2O2+. The number of unbranched alkanes of at least 4 members (excludes halogenated alkanes) is 2. The second kappa shape index (κ2) is 11.0. The standard InChI is InChI=1S/C34H38I2N2O2/c1-7-9-15-37-27-13-11-21(35)17-25(27)33(3,4)29(37)19-23-31(39)24(32(23)40)20-30-34(5,6)26-18-22(36)12-14-28(26)38(30)16-10-8-2/h11-14,17-20H,7-10,15-16H2,1-6H3/p+1. The van der Waals surface area contributed by atoms with Crippen LogP contribution < -0.4 is 4.90 Å². The van der Waals surface area contributed by atoms with E-state index in [1.54, 1.807) is 0 Å². The van der Waals surface area contributed by atoms with Crippen molar-refractivity contribution in [1.29, 1.82) is 0 Å². The Morgan fingerprint density at radius 1 is 0.900 bits per heavy atom. The van der Waals surface area contributed by atoms with Crippen LogP contribution in [-0.2, 0) is 15.6 Å². The Labute approximate surface area is 266 Å². The highest BCUT2D eigenvalue weighted by atomic mass is 127. The summed E-state index contributed by atoms with van der Waals surface area (Å²) >= 11 is 4.74. The number of allylic oxidation sites excluding steroid dienone is 5. The number of ketones is 1. The first-order valence-corrected chi connectivity index (χ1v) is 16.5. The number of hydrogen-bond donors (Lipinski definition) is 1. The molecular weight excluding hydrogens is 722 g/mol. The Bertz CT molecular complexity index is 1520. The Balaban J connectivity index is 1.58. The van der Waals surface area contributed by atoms with Gasteiger partial charge in [0.05, 0.1) is 16.6 Å². The summed E-state index contributed by atoms with van der Waals surface area (Å²) in [5, 5.41) is 11.3. The zero-order valence-electron chi connectivity index (χ0n) is 24.4. The molecule has 0 spiro atoms. The van der Waals surface area contributed by atoms with Crippen molar-refractivity contribution < 1.29 is 14.5 Å². The minimum absolute atomic E-state index is 0.0777. The third-order valence-corrected chi connectivity index (χ3v) is 10.1. The molecule has 0 saturated carbocycles.